The molecule has 0 saturated carbocycles. The average Bonchev–Trinajstić information content (AvgIpc) is 3.17. The van der Waals surface area contributed by atoms with Crippen LogP contribution in [0.4, 0.5) is 5.69 Å². The summed E-state index contributed by atoms with van der Waals surface area (Å²) in [6.45, 7) is 5.92. The Labute approximate surface area is 200 Å². The van der Waals surface area contributed by atoms with Crippen LogP contribution in [0.3, 0.4) is 0 Å². The Bertz CT molecular complexity index is 1000. The first-order chi connectivity index (χ1) is 15.5. The van der Waals surface area contributed by atoms with E-state index in [2.05, 4.69) is 17.6 Å². The van der Waals surface area contributed by atoms with Gasteiger partial charge >= 0.3 is 0 Å². The number of hydrogen-bond donors (Lipinski definition) is 2. The molecule has 0 radical (unpaired) electrons. The molecule has 4 rings (SSSR count). The van der Waals surface area contributed by atoms with Gasteiger partial charge in [-0.2, -0.15) is 0 Å². The monoisotopic (exact) mass is 471 g/mol. The largest absolute Gasteiger partial charge is 0.486 e. The summed E-state index contributed by atoms with van der Waals surface area (Å²) in [7, 11) is 0. The van der Waals surface area contributed by atoms with Crippen molar-refractivity contribution in [3.8, 4) is 5.75 Å². The van der Waals surface area contributed by atoms with Crippen LogP contribution in [0, 0.1) is 0 Å². The molecule has 3 unspecified atom stereocenters. The van der Waals surface area contributed by atoms with Crippen LogP contribution < -0.4 is 15.4 Å². The first-order valence-corrected chi connectivity index (χ1v) is 11.2. The Balaban J connectivity index is 0.00000306. The molecule has 33 heavy (non-hydrogen) atoms. The number of carbonyl (C=O) groups is 3. The van der Waals surface area contributed by atoms with Crippen LogP contribution in [0.1, 0.15) is 54.3 Å². The minimum atomic E-state index is -0.442. The Morgan fingerprint density at radius 2 is 2.00 bits per heavy atom. The van der Waals surface area contributed by atoms with Gasteiger partial charge in [0.1, 0.15) is 11.9 Å². The van der Waals surface area contributed by atoms with E-state index in [-0.39, 0.29) is 30.5 Å². The van der Waals surface area contributed by atoms with Crippen molar-refractivity contribution in [3.63, 3.8) is 0 Å². The zero-order valence-corrected chi connectivity index (χ0v) is 19.7. The van der Waals surface area contributed by atoms with Crippen molar-refractivity contribution in [1.29, 1.82) is 0 Å². The van der Waals surface area contributed by atoms with E-state index in [0.717, 1.165) is 29.1 Å². The normalized spacial score (nSPS) is 20.4. The van der Waals surface area contributed by atoms with E-state index in [4.69, 9.17) is 4.74 Å². The van der Waals surface area contributed by atoms with Crippen molar-refractivity contribution in [2.45, 2.75) is 51.4 Å². The van der Waals surface area contributed by atoms with E-state index in [1.807, 2.05) is 54.3 Å². The fraction of sp³-hybridized carbons (Fsp3) is 0.400. The van der Waals surface area contributed by atoms with Gasteiger partial charge in [0.25, 0.3) is 5.91 Å². The first kappa shape index (κ1) is 24.7. The van der Waals surface area contributed by atoms with Gasteiger partial charge in [-0.05, 0) is 56.5 Å². The second-order valence-corrected chi connectivity index (χ2v) is 8.34. The highest BCUT2D eigenvalue weighted by molar-refractivity contribution is 6.27. The highest BCUT2D eigenvalue weighted by atomic mass is 35.5. The van der Waals surface area contributed by atoms with Gasteiger partial charge in [0.2, 0.25) is 5.78 Å². The third kappa shape index (κ3) is 5.20. The number of ether oxygens (including phenoxy) is 1. The number of Topliss-reactive ketones (excluding diaryl/α,β-unsaturated/α-hetero) is 1. The molecule has 1 amide bonds. The summed E-state index contributed by atoms with van der Waals surface area (Å²) in [5.74, 6) is 0.280. The molecule has 2 aromatic rings. The van der Waals surface area contributed by atoms with Gasteiger partial charge in [0.05, 0.1) is 12.6 Å². The lowest BCUT2D eigenvalue weighted by Crippen LogP contribution is -2.52. The number of rotatable bonds is 8. The SMILES string of the molecule is CCNc1ccc(C(C)Oc2cccc3c2CN(C2CCC(C(=O)C=O)NC2)C3=O)cc1.Cl. The summed E-state index contributed by atoms with van der Waals surface area (Å²) >= 11 is 0. The standard InChI is InChI=1S/C25H29N3O4.ClH/c1-3-26-18-9-7-17(8-10-18)16(2)32-24-6-4-5-20-21(24)14-28(25(20)31)19-11-12-22(27-13-19)23(30)15-29;/h4-10,15-16,19,22,26-27H,3,11-14H2,1-2H3;1H. The number of halogens is 1. The third-order valence-corrected chi connectivity index (χ3v) is 6.31. The van der Waals surface area contributed by atoms with E-state index in [1.54, 1.807) is 0 Å². The number of carbonyl (C=O) groups excluding carboxylic acids is 3. The zero-order chi connectivity index (χ0) is 22.7. The lowest BCUT2D eigenvalue weighted by Gasteiger charge is -2.34. The summed E-state index contributed by atoms with van der Waals surface area (Å²) in [6.07, 6.45) is 1.44. The van der Waals surface area contributed by atoms with Crippen LogP contribution in [0.15, 0.2) is 42.5 Å². The van der Waals surface area contributed by atoms with Crippen LogP contribution in [-0.4, -0.2) is 48.0 Å². The molecule has 2 aliphatic rings. The highest BCUT2D eigenvalue weighted by Crippen LogP contribution is 2.35. The minimum Gasteiger partial charge on any atom is -0.486 e. The van der Waals surface area contributed by atoms with Gasteiger partial charge in [-0.15, -0.1) is 12.4 Å². The predicted molar refractivity (Wildman–Crippen MR) is 129 cm³/mol. The van der Waals surface area contributed by atoms with Crippen LogP contribution in [0.5, 0.6) is 5.75 Å². The van der Waals surface area contributed by atoms with Crippen LogP contribution in [0.2, 0.25) is 0 Å². The molecule has 2 heterocycles. The Kier molecular flexibility index (Phi) is 8.10. The Hall–Kier alpha value is -2.90. The Morgan fingerprint density at radius 3 is 2.64 bits per heavy atom. The smallest absolute Gasteiger partial charge is 0.254 e. The van der Waals surface area contributed by atoms with E-state index in [0.29, 0.717) is 37.8 Å². The van der Waals surface area contributed by atoms with Gasteiger partial charge in [0, 0.05) is 35.9 Å². The molecule has 8 heteroatoms. The first-order valence-electron chi connectivity index (χ1n) is 11.2. The maximum atomic E-state index is 13.1. The van der Waals surface area contributed by atoms with Gasteiger partial charge in [0.15, 0.2) is 6.29 Å². The van der Waals surface area contributed by atoms with Crippen LogP contribution in [0.25, 0.3) is 0 Å². The van der Waals surface area contributed by atoms with Crippen molar-refractivity contribution in [2.24, 2.45) is 0 Å². The predicted octanol–water partition coefficient (Wildman–Crippen LogP) is 3.52. The van der Waals surface area contributed by atoms with Crippen molar-refractivity contribution in [1.82, 2.24) is 10.2 Å². The summed E-state index contributed by atoms with van der Waals surface area (Å²) in [5.41, 5.74) is 3.71. The molecular formula is C25H30ClN3O4. The number of nitrogens with one attached hydrogen (secondary N) is 2. The molecule has 0 aliphatic carbocycles. The van der Waals surface area contributed by atoms with Crippen molar-refractivity contribution < 1.29 is 19.1 Å². The van der Waals surface area contributed by atoms with E-state index >= 15 is 0 Å². The van der Waals surface area contributed by atoms with E-state index < -0.39 is 11.8 Å². The minimum absolute atomic E-state index is 0. The molecule has 1 fully saturated rings. The Morgan fingerprint density at radius 1 is 1.24 bits per heavy atom. The van der Waals surface area contributed by atoms with E-state index in [9.17, 15) is 14.4 Å². The summed E-state index contributed by atoms with van der Waals surface area (Å²) in [5, 5.41) is 6.40. The van der Waals surface area contributed by atoms with Gasteiger partial charge in [-0.25, -0.2) is 0 Å². The molecule has 2 aromatic carbocycles. The maximum Gasteiger partial charge on any atom is 0.254 e. The van der Waals surface area contributed by atoms with Crippen LogP contribution >= 0.6 is 12.4 Å². The summed E-state index contributed by atoms with van der Waals surface area (Å²) in [4.78, 5) is 37.3. The van der Waals surface area contributed by atoms with Crippen molar-refractivity contribution >= 4 is 36.1 Å². The summed E-state index contributed by atoms with van der Waals surface area (Å²) in [6, 6.07) is 13.3. The molecule has 2 N–H and O–H groups in total. The number of amides is 1. The third-order valence-electron chi connectivity index (χ3n) is 6.31. The molecule has 0 aromatic heterocycles. The van der Waals surface area contributed by atoms with Crippen molar-refractivity contribution in [2.75, 3.05) is 18.4 Å². The number of ketones is 1. The molecule has 7 nitrogen and oxygen atoms in total. The molecule has 3 atom stereocenters. The quantitative estimate of drug-likeness (QED) is 0.452. The van der Waals surface area contributed by atoms with Gasteiger partial charge < -0.3 is 20.3 Å². The maximum absolute atomic E-state index is 13.1. The molecule has 0 spiro atoms. The second kappa shape index (κ2) is 10.8. The number of anilines is 1. The van der Waals surface area contributed by atoms with Crippen molar-refractivity contribution in [3.05, 3.63) is 59.2 Å². The number of benzene rings is 2. The van der Waals surface area contributed by atoms with Crippen LogP contribution in [-0.2, 0) is 16.1 Å². The number of fused-ring (bicyclic) bond motifs is 1. The number of piperidine rings is 1. The fourth-order valence-corrected chi connectivity index (χ4v) is 4.50. The molecule has 2 aliphatic heterocycles. The highest BCUT2D eigenvalue weighted by Gasteiger charge is 2.37. The van der Waals surface area contributed by atoms with Gasteiger partial charge in [-0.3, -0.25) is 14.4 Å². The van der Waals surface area contributed by atoms with E-state index in [1.165, 1.54) is 0 Å². The molecule has 176 valence electrons. The number of hydrogen-bond acceptors (Lipinski definition) is 6. The topological polar surface area (TPSA) is 87.7 Å². The number of nitrogens with zero attached hydrogens (tertiary/aromatic N) is 1. The van der Waals surface area contributed by atoms with Gasteiger partial charge in [-0.1, -0.05) is 18.2 Å². The molecule has 1 saturated heterocycles. The zero-order valence-electron chi connectivity index (χ0n) is 18.9. The number of aldehydes is 1. The lowest BCUT2D eigenvalue weighted by molar-refractivity contribution is -0.131. The lowest BCUT2D eigenvalue weighted by atomic mass is 9.97. The molecular weight excluding hydrogens is 442 g/mol. The average molecular weight is 472 g/mol. The summed E-state index contributed by atoms with van der Waals surface area (Å²) < 4.78 is 6.29. The molecule has 0 bridgehead atoms. The fourth-order valence-electron chi connectivity index (χ4n) is 4.50. The second-order valence-electron chi connectivity index (χ2n) is 8.34.